The molecule has 1 fully saturated rings. The number of nitrogens with zero attached hydrogens (tertiary/aromatic N) is 7. The third kappa shape index (κ3) is 5.81. The predicted octanol–water partition coefficient (Wildman–Crippen LogP) is 3.36. The standard InChI is InChI=1S/C26H26ClN9O5/c1-29-25(38)22-19(34-35-28)21(37)26(41-22)36-13-33-20-23(31-12-32-24(20)36)30-10-15-9-16(27)6-7-18(15)40-11-14-4-3-5-17(8-14)39-2/h3-9,12-13,19,21-22,26,37H,10-11H2,1-2H3,(H,29,38)(H,30,31,32)/t19-,21+,22-,26+/m0/s1. The molecular formula is C26H26ClN9O5. The lowest BCUT2D eigenvalue weighted by Crippen LogP contribution is -2.40. The van der Waals surface area contributed by atoms with Crippen LogP contribution in [0.15, 0.2) is 60.2 Å². The minimum Gasteiger partial charge on any atom is -0.497 e. The highest BCUT2D eigenvalue weighted by Gasteiger charge is 2.48. The Morgan fingerprint density at radius 3 is 2.90 bits per heavy atom. The van der Waals surface area contributed by atoms with Gasteiger partial charge in [0, 0.05) is 29.1 Å². The van der Waals surface area contributed by atoms with E-state index in [4.69, 9.17) is 31.3 Å². The molecule has 1 saturated heterocycles. The van der Waals surface area contributed by atoms with Crippen molar-refractivity contribution in [1.29, 1.82) is 0 Å². The summed E-state index contributed by atoms with van der Waals surface area (Å²) in [5.74, 6) is 1.25. The first-order chi connectivity index (χ1) is 19.9. The number of amides is 1. The third-order valence-electron chi connectivity index (χ3n) is 6.56. The molecule has 1 amide bonds. The van der Waals surface area contributed by atoms with E-state index in [0.29, 0.717) is 40.9 Å². The third-order valence-corrected chi connectivity index (χ3v) is 6.79. The maximum atomic E-state index is 12.3. The van der Waals surface area contributed by atoms with Gasteiger partial charge in [0.1, 0.15) is 42.7 Å². The molecule has 2 aromatic heterocycles. The van der Waals surface area contributed by atoms with Gasteiger partial charge in [-0.1, -0.05) is 28.8 Å². The Morgan fingerprint density at radius 1 is 1.27 bits per heavy atom. The molecule has 3 N–H and O–H groups in total. The summed E-state index contributed by atoms with van der Waals surface area (Å²) in [4.78, 5) is 28.1. The summed E-state index contributed by atoms with van der Waals surface area (Å²) in [7, 11) is 3.03. The summed E-state index contributed by atoms with van der Waals surface area (Å²) < 4.78 is 18.6. The van der Waals surface area contributed by atoms with Crippen molar-refractivity contribution >= 4 is 34.5 Å². The molecule has 212 valence electrons. The number of fused-ring (bicyclic) bond motifs is 1. The molecular weight excluding hydrogens is 554 g/mol. The van der Waals surface area contributed by atoms with E-state index in [2.05, 4.69) is 35.6 Å². The first-order valence-electron chi connectivity index (χ1n) is 12.5. The van der Waals surface area contributed by atoms with Crippen LogP contribution in [0.1, 0.15) is 17.4 Å². The van der Waals surface area contributed by atoms with E-state index in [9.17, 15) is 9.90 Å². The fourth-order valence-corrected chi connectivity index (χ4v) is 4.73. The van der Waals surface area contributed by atoms with Crippen LogP contribution in [0.25, 0.3) is 21.6 Å². The number of likely N-dealkylation sites (N-methyl/N-ethyl adjacent to an activating group) is 1. The number of aliphatic hydroxyl groups excluding tert-OH is 1. The van der Waals surface area contributed by atoms with Gasteiger partial charge in [-0.05, 0) is 41.4 Å². The number of methoxy groups -OCH3 is 1. The number of nitrogens with one attached hydrogen (secondary N) is 2. The molecule has 2 aromatic carbocycles. The zero-order valence-electron chi connectivity index (χ0n) is 22.0. The number of anilines is 1. The van der Waals surface area contributed by atoms with E-state index < -0.39 is 30.4 Å². The number of aromatic nitrogens is 4. The summed E-state index contributed by atoms with van der Waals surface area (Å²) in [6.45, 7) is 0.624. The second-order valence-corrected chi connectivity index (χ2v) is 9.48. The van der Waals surface area contributed by atoms with Crippen molar-refractivity contribution in [3.05, 3.63) is 81.7 Å². The summed E-state index contributed by atoms with van der Waals surface area (Å²) >= 11 is 6.28. The van der Waals surface area contributed by atoms with E-state index in [-0.39, 0.29) is 0 Å². The summed E-state index contributed by atoms with van der Waals surface area (Å²) in [6, 6.07) is 11.8. The van der Waals surface area contributed by atoms with Gasteiger partial charge < -0.3 is 30.0 Å². The Hall–Kier alpha value is -4.62. The van der Waals surface area contributed by atoms with Crippen LogP contribution in [0.5, 0.6) is 11.5 Å². The number of rotatable bonds is 10. The number of benzene rings is 2. The fourth-order valence-electron chi connectivity index (χ4n) is 4.53. The Morgan fingerprint density at radius 2 is 2.12 bits per heavy atom. The van der Waals surface area contributed by atoms with Crippen molar-refractivity contribution in [2.45, 2.75) is 37.6 Å². The second kappa shape index (κ2) is 12.3. The van der Waals surface area contributed by atoms with Gasteiger partial charge in [0.25, 0.3) is 0 Å². The number of imidazole rings is 1. The molecule has 0 spiro atoms. The predicted molar refractivity (Wildman–Crippen MR) is 148 cm³/mol. The SMILES string of the molecule is CNC(=O)[C@H]1O[C@@H](n2cnc3c(NCc4cc(Cl)ccc4OCc4cccc(OC)c4)ncnc32)[C@H](O)[C@@H]1N=[N+]=[N-]. The Balaban J connectivity index is 1.36. The minimum absolute atomic E-state index is 0.299. The Bertz CT molecular complexity index is 1610. The molecule has 15 heteroatoms. The number of aliphatic hydroxyl groups is 1. The van der Waals surface area contributed by atoms with Gasteiger partial charge in [-0.3, -0.25) is 9.36 Å². The summed E-state index contributed by atoms with van der Waals surface area (Å²) in [6.07, 6.45) is -0.840. The highest BCUT2D eigenvalue weighted by Crippen LogP contribution is 2.34. The first kappa shape index (κ1) is 27.9. The normalized spacial score (nSPS) is 19.9. The quantitative estimate of drug-likeness (QED) is 0.144. The van der Waals surface area contributed by atoms with Gasteiger partial charge in [-0.15, -0.1) is 0 Å². The van der Waals surface area contributed by atoms with Crippen molar-refractivity contribution < 1.29 is 24.1 Å². The van der Waals surface area contributed by atoms with Gasteiger partial charge in [-0.25, -0.2) is 15.0 Å². The minimum atomic E-state index is -1.33. The van der Waals surface area contributed by atoms with Crippen LogP contribution in [-0.2, 0) is 22.7 Å². The van der Waals surface area contributed by atoms with Gasteiger partial charge in [-0.2, -0.15) is 0 Å². The average molecular weight is 580 g/mol. The summed E-state index contributed by atoms with van der Waals surface area (Å²) in [5, 5.41) is 20.7. The second-order valence-electron chi connectivity index (χ2n) is 9.04. The molecule has 1 aliphatic rings. The molecule has 4 aromatic rings. The number of hydrogen-bond donors (Lipinski definition) is 3. The molecule has 0 unspecified atom stereocenters. The van der Waals surface area contributed by atoms with Crippen LogP contribution in [0.4, 0.5) is 5.82 Å². The topological polar surface area (TPSA) is 181 Å². The maximum Gasteiger partial charge on any atom is 0.249 e. The van der Waals surface area contributed by atoms with Crippen LogP contribution in [0.2, 0.25) is 5.02 Å². The number of ether oxygens (including phenoxy) is 3. The van der Waals surface area contributed by atoms with Crippen LogP contribution in [-0.4, -0.2) is 62.9 Å². The Labute approximate surface area is 238 Å². The van der Waals surface area contributed by atoms with Gasteiger partial charge >= 0.3 is 0 Å². The largest absolute Gasteiger partial charge is 0.497 e. The van der Waals surface area contributed by atoms with E-state index in [1.54, 1.807) is 25.3 Å². The molecule has 0 radical (unpaired) electrons. The number of hydrogen-bond acceptors (Lipinski definition) is 10. The van der Waals surface area contributed by atoms with Gasteiger partial charge in [0.2, 0.25) is 5.91 Å². The smallest absolute Gasteiger partial charge is 0.249 e. The maximum absolute atomic E-state index is 12.3. The molecule has 5 rings (SSSR count). The zero-order chi connectivity index (χ0) is 28.9. The number of azide groups is 1. The molecule has 41 heavy (non-hydrogen) atoms. The molecule has 0 aliphatic carbocycles. The summed E-state index contributed by atoms with van der Waals surface area (Å²) in [5.41, 5.74) is 11.4. The van der Waals surface area contributed by atoms with E-state index in [1.807, 2.05) is 24.3 Å². The van der Waals surface area contributed by atoms with Crippen molar-refractivity contribution in [3.63, 3.8) is 0 Å². The fraction of sp³-hybridized carbons (Fsp3) is 0.308. The lowest BCUT2D eigenvalue weighted by Gasteiger charge is -2.17. The van der Waals surface area contributed by atoms with E-state index >= 15 is 0 Å². The lowest BCUT2D eigenvalue weighted by atomic mass is 10.1. The van der Waals surface area contributed by atoms with Crippen molar-refractivity contribution in [1.82, 2.24) is 24.8 Å². The Kier molecular flexibility index (Phi) is 8.36. The van der Waals surface area contributed by atoms with Crippen LogP contribution >= 0.6 is 11.6 Å². The zero-order valence-corrected chi connectivity index (χ0v) is 22.8. The number of carbonyl (C=O) groups excluding carboxylic acids is 1. The van der Waals surface area contributed by atoms with E-state index in [0.717, 1.165) is 16.9 Å². The lowest BCUT2D eigenvalue weighted by molar-refractivity contribution is -0.134. The molecule has 14 nitrogen and oxygen atoms in total. The highest BCUT2D eigenvalue weighted by atomic mass is 35.5. The molecule has 4 atom stereocenters. The van der Waals surface area contributed by atoms with Gasteiger partial charge in [0.05, 0.1) is 13.4 Å². The molecule has 1 aliphatic heterocycles. The van der Waals surface area contributed by atoms with Gasteiger partial charge in [0.15, 0.2) is 23.2 Å². The average Bonchev–Trinajstić information content (AvgIpc) is 3.56. The first-order valence-corrected chi connectivity index (χ1v) is 12.9. The molecule has 3 heterocycles. The monoisotopic (exact) mass is 579 g/mol. The van der Waals surface area contributed by atoms with Crippen LogP contribution < -0.4 is 20.1 Å². The number of carbonyl (C=O) groups is 1. The van der Waals surface area contributed by atoms with Crippen molar-refractivity contribution in [3.8, 4) is 11.5 Å². The van der Waals surface area contributed by atoms with Crippen LogP contribution in [0, 0.1) is 0 Å². The van der Waals surface area contributed by atoms with Crippen LogP contribution in [0.3, 0.4) is 0 Å². The number of halogens is 1. The highest BCUT2D eigenvalue weighted by molar-refractivity contribution is 6.30. The van der Waals surface area contributed by atoms with E-state index in [1.165, 1.54) is 24.3 Å². The van der Waals surface area contributed by atoms with Crippen molar-refractivity contribution in [2.75, 3.05) is 19.5 Å². The van der Waals surface area contributed by atoms with Crippen molar-refractivity contribution in [2.24, 2.45) is 5.11 Å². The molecule has 0 bridgehead atoms. The molecule has 0 saturated carbocycles.